The Balaban J connectivity index is 2.27. The van der Waals surface area contributed by atoms with E-state index in [1.54, 1.807) is 31.2 Å². The quantitative estimate of drug-likeness (QED) is 0.609. The molecular formula is C10H11N5O2. The van der Waals surface area contributed by atoms with E-state index < -0.39 is 5.97 Å². The first-order chi connectivity index (χ1) is 8.20. The van der Waals surface area contributed by atoms with Crippen LogP contribution in [0, 0.1) is 0 Å². The van der Waals surface area contributed by atoms with Crippen molar-refractivity contribution in [2.24, 2.45) is 0 Å². The van der Waals surface area contributed by atoms with Crippen molar-refractivity contribution in [3.63, 3.8) is 0 Å². The standard InChI is InChI=1S/C10H11N5O2/c1-2-17-10(16)9-12-14-15(13-9)8-5-3-4-7(11)6-8/h3-6H,2,11H2,1H3. The molecule has 0 fully saturated rings. The highest BCUT2D eigenvalue weighted by molar-refractivity contribution is 5.84. The van der Waals surface area contributed by atoms with Crippen LogP contribution in [0.1, 0.15) is 17.5 Å². The van der Waals surface area contributed by atoms with Crippen molar-refractivity contribution in [3.05, 3.63) is 30.1 Å². The van der Waals surface area contributed by atoms with Gasteiger partial charge >= 0.3 is 5.97 Å². The van der Waals surface area contributed by atoms with Gasteiger partial charge in [-0.15, -0.1) is 15.0 Å². The number of nitrogens with two attached hydrogens (primary N) is 1. The van der Waals surface area contributed by atoms with E-state index in [1.807, 2.05) is 0 Å². The molecule has 0 atom stereocenters. The first kappa shape index (κ1) is 11.1. The number of rotatable bonds is 3. The Bertz CT molecular complexity index is 537. The van der Waals surface area contributed by atoms with Crippen molar-refractivity contribution in [1.29, 1.82) is 0 Å². The number of anilines is 1. The molecule has 0 aliphatic heterocycles. The zero-order valence-corrected chi connectivity index (χ0v) is 9.20. The second kappa shape index (κ2) is 4.60. The molecule has 0 saturated heterocycles. The van der Waals surface area contributed by atoms with Crippen LogP contribution in [0.5, 0.6) is 0 Å². The fourth-order valence-corrected chi connectivity index (χ4v) is 1.25. The third-order valence-corrected chi connectivity index (χ3v) is 1.97. The number of nitrogens with zero attached hydrogens (tertiary/aromatic N) is 4. The molecule has 1 heterocycles. The molecular weight excluding hydrogens is 222 g/mol. The molecule has 1 aromatic carbocycles. The number of hydrogen-bond donors (Lipinski definition) is 1. The van der Waals surface area contributed by atoms with E-state index in [0.29, 0.717) is 11.4 Å². The van der Waals surface area contributed by atoms with E-state index in [9.17, 15) is 4.79 Å². The third-order valence-electron chi connectivity index (χ3n) is 1.97. The SMILES string of the molecule is CCOC(=O)c1nnn(-c2cccc(N)c2)n1. The Morgan fingerprint density at radius 2 is 2.35 bits per heavy atom. The van der Waals surface area contributed by atoms with Gasteiger partial charge in [0.25, 0.3) is 5.82 Å². The molecule has 17 heavy (non-hydrogen) atoms. The van der Waals surface area contributed by atoms with Crippen LogP contribution in [-0.4, -0.2) is 32.8 Å². The first-order valence-electron chi connectivity index (χ1n) is 5.03. The molecule has 0 bridgehead atoms. The van der Waals surface area contributed by atoms with Crippen molar-refractivity contribution in [1.82, 2.24) is 20.2 Å². The highest BCUT2D eigenvalue weighted by atomic mass is 16.5. The number of carbonyl (C=O) groups is 1. The molecule has 0 spiro atoms. The van der Waals surface area contributed by atoms with Crippen molar-refractivity contribution >= 4 is 11.7 Å². The molecule has 0 unspecified atom stereocenters. The summed E-state index contributed by atoms with van der Waals surface area (Å²) >= 11 is 0. The lowest BCUT2D eigenvalue weighted by Crippen LogP contribution is -2.07. The zero-order chi connectivity index (χ0) is 12.3. The van der Waals surface area contributed by atoms with Crippen LogP contribution in [-0.2, 0) is 4.74 Å². The van der Waals surface area contributed by atoms with E-state index in [1.165, 1.54) is 4.80 Å². The summed E-state index contributed by atoms with van der Waals surface area (Å²) in [6, 6.07) is 6.94. The van der Waals surface area contributed by atoms with Gasteiger partial charge in [0.15, 0.2) is 0 Å². The van der Waals surface area contributed by atoms with Crippen LogP contribution in [0.15, 0.2) is 24.3 Å². The van der Waals surface area contributed by atoms with Crippen molar-refractivity contribution in [2.75, 3.05) is 12.3 Å². The highest BCUT2D eigenvalue weighted by Gasteiger charge is 2.14. The molecule has 0 saturated carbocycles. The lowest BCUT2D eigenvalue weighted by Gasteiger charge is -1.98. The largest absolute Gasteiger partial charge is 0.460 e. The number of nitrogen functional groups attached to an aromatic ring is 1. The number of benzene rings is 1. The molecule has 7 heteroatoms. The fraction of sp³-hybridized carbons (Fsp3) is 0.200. The highest BCUT2D eigenvalue weighted by Crippen LogP contribution is 2.09. The fourth-order valence-electron chi connectivity index (χ4n) is 1.25. The third kappa shape index (κ3) is 2.39. The summed E-state index contributed by atoms with van der Waals surface area (Å²) in [5.41, 5.74) is 6.84. The van der Waals surface area contributed by atoms with Gasteiger partial charge in [-0.1, -0.05) is 6.07 Å². The van der Waals surface area contributed by atoms with Gasteiger partial charge in [-0.3, -0.25) is 0 Å². The van der Waals surface area contributed by atoms with E-state index in [2.05, 4.69) is 15.4 Å². The number of tetrazole rings is 1. The summed E-state index contributed by atoms with van der Waals surface area (Å²) in [4.78, 5) is 12.6. The normalized spacial score (nSPS) is 10.2. The molecule has 0 radical (unpaired) electrons. The van der Waals surface area contributed by atoms with Gasteiger partial charge in [-0.05, 0) is 30.3 Å². The number of aromatic nitrogens is 4. The zero-order valence-electron chi connectivity index (χ0n) is 9.20. The molecule has 7 nitrogen and oxygen atoms in total. The number of ether oxygens (including phenoxy) is 1. The molecule has 2 N–H and O–H groups in total. The monoisotopic (exact) mass is 233 g/mol. The van der Waals surface area contributed by atoms with Crippen LogP contribution in [0.2, 0.25) is 0 Å². The van der Waals surface area contributed by atoms with E-state index in [-0.39, 0.29) is 12.4 Å². The second-order valence-electron chi connectivity index (χ2n) is 3.22. The van der Waals surface area contributed by atoms with Crippen molar-refractivity contribution in [3.8, 4) is 5.69 Å². The average molecular weight is 233 g/mol. The van der Waals surface area contributed by atoms with Crippen LogP contribution in [0.4, 0.5) is 5.69 Å². The predicted octanol–water partition coefficient (Wildman–Crippen LogP) is 0.421. The summed E-state index contributed by atoms with van der Waals surface area (Å²) in [6.45, 7) is 1.98. The summed E-state index contributed by atoms with van der Waals surface area (Å²) in [5.74, 6) is -0.670. The van der Waals surface area contributed by atoms with Gasteiger partial charge in [0.2, 0.25) is 0 Å². The topological polar surface area (TPSA) is 95.9 Å². The van der Waals surface area contributed by atoms with Gasteiger partial charge in [0.1, 0.15) is 0 Å². The van der Waals surface area contributed by atoms with Crippen LogP contribution in [0.3, 0.4) is 0 Å². The van der Waals surface area contributed by atoms with E-state index in [0.717, 1.165) is 0 Å². The Hall–Kier alpha value is -2.44. The van der Waals surface area contributed by atoms with Crippen molar-refractivity contribution in [2.45, 2.75) is 6.92 Å². The first-order valence-corrected chi connectivity index (χ1v) is 5.03. The minimum Gasteiger partial charge on any atom is -0.460 e. The van der Waals surface area contributed by atoms with Gasteiger partial charge in [0.05, 0.1) is 12.3 Å². The molecule has 88 valence electrons. The maximum absolute atomic E-state index is 11.3. The van der Waals surface area contributed by atoms with Gasteiger partial charge in [-0.25, -0.2) is 4.79 Å². The number of hydrogen-bond acceptors (Lipinski definition) is 6. The lowest BCUT2D eigenvalue weighted by molar-refractivity contribution is 0.0512. The van der Waals surface area contributed by atoms with Crippen LogP contribution >= 0.6 is 0 Å². The number of carbonyl (C=O) groups excluding carboxylic acids is 1. The Morgan fingerprint density at radius 3 is 3.06 bits per heavy atom. The Labute approximate surface area is 97.2 Å². The number of esters is 1. The maximum atomic E-state index is 11.3. The molecule has 0 aliphatic carbocycles. The predicted molar refractivity (Wildman–Crippen MR) is 59.5 cm³/mol. The molecule has 1 aromatic heterocycles. The van der Waals surface area contributed by atoms with Crippen LogP contribution < -0.4 is 5.73 Å². The second-order valence-corrected chi connectivity index (χ2v) is 3.22. The van der Waals surface area contributed by atoms with Gasteiger partial charge in [-0.2, -0.15) is 0 Å². The molecule has 2 aromatic rings. The molecule has 2 rings (SSSR count). The smallest absolute Gasteiger partial charge is 0.380 e. The summed E-state index contributed by atoms with van der Waals surface area (Å²) < 4.78 is 4.76. The average Bonchev–Trinajstić information content (AvgIpc) is 2.78. The van der Waals surface area contributed by atoms with E-state index >= 15 is 0 Å². The lowest BCUT2D eigenvalue weighted by atomic mass is 10.3. The minimum atomic E-state index is -0.595. The summed E-state index contributed by atoms with van der Waals surface area (Å²) in [6.07, 6.45) is 0. The van der Waals surface area contributed by atoms with Crippen LogP contribution in [0.25, 0.3) is 5.69 Å². The summed E-state index contributed by atoms with van der Waals surface area (Å²) in [5, 5.41) is 11.3. The Morgan fingerprint density at radius 1 is 1.53 bits per heavy atom. The van der Waals surface area contributed by atoms with Gasteiger partial charge in [0, 0.05) is 5.69 Å². The maximum Gasteiger partial charge on any atom is 0.380 e. The van der Waals surface area contributed by atoms with Gasteiger partial charge < -0.3 is 10.5 Å². The molecule has 0 aliphatic rings. The van der Waals surface area contributed by atoms with Crippen molar-refractivity contribution < 1.29 is 9.53 Å². The summed E-state index contributed by atoms with van der Waals surface area (Å²) in [7, 11) is 0. The molecule has 0 amide bonds. The van der Waals surface area contributed by atoms with E-state index in [4.69, 9.17) is 10.5 Å². The Kier molecular flexibility index (Phi) is 2.99. The minimum absolute atomic E-state index is 0.0747.